The van der Waals surface area contributed by atoms with Crippen molar-refractivity contribution in [1.29, 1.82) is 0 Å². The molecule has 1 saturated heterocycles. The fraction of sp³-hybridized carbons (Fsp3) is 0.900. The summed E-state index contributed by atoms with van der Waals surface area (Å²) in [7, 11) is -2.08. The van der Waals surface area contributed by atoms with Crippen molar-refractivity contribution in [3.8, 4) is 0 Å². The first-order valence-corrected chi connectivity index (χ1v) is 7.49. The Bertz CT molecular complexity index is 381. The number of rotatable bonds is 5. The van der Waals surface area contributed by atoms with Crippen LogP contribution in [-0.2, 0) is 14.8 Å². The summed E-state index contributed by atoms with van der Waals surface area (Å²) in [6, 6.07) is -0.192. The van der Waals surface area contributed by atoms with Crippen LogP contribution in [0, 0.1) is 0 Å². The lowest BCUT2D eigenvalue weighted by Gasteiger charge is -2.22. The number of ether oxygens (including phenoxy) is 1. The quantitative estimate of drug-likeness (QED) is 0.705. The fourth-order valence-corrected chi connectivity index (χ4v) is 3.85. The molecule has 2 unspecified atom stereocenters. The number of hydrogen-bond acceptors (Lipinski definition) is 5. The molecule has 7 nitrogen and oxygen atoms in total. The van der Waals surface area contributed by atoms with E-state index in [1.165, 1.54) is 11.4 Å². The van der Waals surface area contributed by atoms with Crippen molar-refractivity contribution in [2.45, 2.75) is 31.1 Å². The Balaban J connectivity index is 2.63. The van der Waals surface area contributed by atoms with Gasteiger partial charge in [0.2, 0.25) is 10.0 Å². The summed E-state index contributed by atoms with van der Waals surface area (Å²) in [5.74, 6) is 0. The van der Waals surface area contributed by atoms with Crippen molar-refractivity contribution >= 4 is 16.1 Å². The average Bonchev–Trinajstić information content (AvgIpc) is 2.79. The van der Waals surface area contributed by atoms with Crippen molar-refractivity contribution in [3.63, 3.8) is 0 Å². The largest absolute Gasteiger partial charge is 0.453 e. The van der Waals surface area contributed by atoms with Gasteiger partial charge in [0.15, 0.2) is 0 Å². The molecule has 1 fully saturated rings. The molecule has 0 aromatic heterocycles. The minimum Gasteiger partial charge on any atom is -0.453 e. The van der Waals surface area contributed by atoms with E-state index in [0.717, 1.165) is 0 Å². The normalized spacial score (nSPS) is 22.7. The maximum absolute atomic E-state index is 12.2. The monoisotopic (exact) mass is 279 g/mol. The summed E-state index contributed by atoms with van der Waals surface area (Å²) in [5.41, 5.74) is 5.48. The topological polar surface area (TPSA) is 102 Å². The first kappa shape index (κ1) is 15.2. The van der Waals surface area contributed by atoms with Gasteiger partial charge in [-0.15, -0.1) is 0 Å². The van der Waals surface area contributed by atoms with E-state index in [9.17, 15) is 13.2 Å². The number of amides is 1. The summed E-state index contributed by atoms with van der Waals surface area (Å²) in [6.07, 6.45) is 0.546. The van der Waals surface area contributed by atoms with Crippen LogP contribution in [-0.4, -0.2) is 56.9 Å². The van der Waals surface area contributed by atoms with Gasteiger partial charge in [-0.1, -0.05) is 6.92 Å². The van der Waals surface area contributed by atoms with Gasteiger partial charge in [0.1, 0.15) is 0 Å². The zero-order chi connectivity index (χ0) is 13.8. The Hall–Kier alpha value is -0.860. The van der Waals surface area contributed by atoms with Gasteiger partial charge in [-0.25, -0.2) is 13.2 Å². The third kappa shape index (κ3) is 3.33. The maximum Gasteiger partial charge on any atom is 0.407 e. The number of methoxy groups -OCH3 is 1. The van der Waals surface area contributed by atoms with E-state index in [1.807, 2.05) is 0 Å². The maximum atomic E-state index is 12.2. The minimum absolute atomic E-state index is 0.116. The molecule has 0 spiro atoms. The second-order valence-electron chi connectivity index (χ2n) is 4.29. The number of sulfonamides is 1. The van der Waals surface area contributed by atoms with E-state index >= 15 is 0 Å². The van der Waals surface area contributed by atoms with Crippen LogP contribution in [0.4, 0.5) is 4.79 Å². The van der Waals surface area contributed by atoms with E-state index in [0.29, 0.717) is 19.4 Å². The zero-order valence-corrected chi connectivity index (χ0v) is 11.6. The minimum atomic E-state index is -3.36. The van der Waals surface area contributed by atoms with Gasteiger partial charge in [0.25, 0.3) is 0 Å². The van der Waals surface area contributed by atoms with E-state index in [2.05, 4.69) is 10.1 Å². The van der Waals surface area contributed by atoms with Gasteiger partial charge >= 0.3 is 6.09 Å². The second kappa shape index (κ2) is 6.35. The van der Waals surface area contributed by atoms with Crippen molar-refractivity contribution < 1.29 is 17.9 Å². The summed E-state index contributed by atoms with van der Waals surface area (Å²) < 4.78 is 30.3. The predicted molar refractivity (Wildman–Crippen MR) is 67.6 cm³/mol. The predicted octanol–water partition coefficient (Wildman–Crippen LogP) is -0.516. The molecule has 1 rings (SSSR count). The van der Waals surface area contributed by atoms with Gasteiger partial charge in [0.05, 0.1) is 12.4 Å². The van der Waals surface area contributed by atoms with Crippen LogP contribution < -0.4 is 11.1 Å². The molecule has 2 atom stereocenters. The van der Waals surface area contributed by atoms with E-state index < -0.39 is 21.4 Å². The van der Waals surface area contributed by atoms with Crippen LogP contribution in [0.3, 0.4) is 0 Å². The lowest BCUT2D eigenvalue weighted by molar-refractivity contribution is 0.167. The molecular weight excluding hydrogens is 258 g/mol. The molecule has 3 N–H and O–H groups in total. The molecule has 0 aromatic carbocycles. The summed E-state index contributed by atoms with van der Waals surface area (Å²) >= 11 is 0. The van der Waals surface area contributed by atoms with Crippen LogP contribution in [0.2, 0.25) is 0 Å². The Morgan fingerprint density at radius 2 is 2.28 bits per heavy atom. The average molecular weight is 279 g/mol. The Kier molecular flexibility index (Phi) is 5.36. The van der Waals surface area contributed by atoms with Crippen molar-refractivity contribution in [2.24, 2.45) is 5.73 Å². The molecule has 1 aliphatic heterocycles. The summed E-state index contributed by atoms with van der Waals surface area (Å²) in [4.78, 5) is 11.0. The second-order valence-corrected chi connectivity index (χ2v) is 6.50. The molecular formula is C10H21N3O4S. The van der Waals surface area contributed by atoms with Gasteiger partial charge in [-0.05, 0) is 12.8 Å². The van der Waals surface area contributed by atoms with Crippen LogP contribution >= 0.6 is 0 Å². The molecule has 8 heteroatoms. The van der Waals surface area contributed by atoms with Crippen molar-refractivity contribution in [2.75, 3.05) is 26.7 Å². The molecule has 0 saturated carbocycles. The molecule has 1 heterocycles. The lowest BCUT2D eigenvalue weighted by atomic mass is 10.3. The van der Waals surface area contributed by atoms with Crippen LogP contribution in [0.15, 0.2) is 0 Å². The summed E-state index contributed by atoms with van der Waals surface area (Å²) in [5, 5.41) is 2.06. The Morgan fingerprint density at radius 1 is 1.61 bits per heavy atom. The van der Waals surface area contributed by atoms with Crippen molar-refractivity contribution in [3.05, 3.63) is 0 Å². The van der Waals surface area contributed by atoms with Gasteiger partial charge < -0.3 is 15.8 Å². The number of carbonyl (C=O) groups excluding carboxylic acids is 1. The molecule has 1 amide bonds. The molecule has 0 aliphatic carbocycles. The molecule has 0 aromatic rings. The summed E-state index contributed by atoms with van der Waals surface area (Å²) in [6.45, 7) is 2.61. The molecule has 0 bridgehead atoms. The van der Waals surface area contributed by atoms with E-state index in [1.54, 1.807) is 6.92 Å². The van der Waals surface area contributed by atoms with Gasteiger partial charge in [0, 0.05) is 25.7 Å². The van der Waals surface area contributed by atoms with Crippen molar-refractivity contribution in [1.82, 2.24) is 9.62 Å². The molecule has 0 radical (unpaired) electrons. The number of nitrogens with zero attached hydrogens (tertiary/aromatic N) is 1. The number of carbonyl (C=O) groups is 1. The first-order chi connectivity index (χ1) is 8.45. The fourth-order valence-electron chi connectivity index (χ4n) is 2.01. The van der Waals surface area contributed by atoms with Crippen LogP contribution in [0.5, 0.6) is 0 Å². The van der Waals surface area contributed by atoms with E-state index in [4.69, 9.17) is 5.73 Å². The lowest BCUT2D eigenvalue weighted by Crippen LogP contribution is -2.43. The molecule has 1 aliphatic rings. The van der Waals surface area contributed by atoms with Gasteiger partial charge in [-0.2, -0.15) is 4.31 Å². The standard InChI is InChI=1S/C10H21N3O4S/c1-3-9(6-11)18(15,16)13-5-4-8(7-13)12-10(14)17-2/h8-9H,3-7,11H2,1-2H3,(H,12,14). The number of nitrogens with two attached hydrogens (primary N) is 1. The number of alkyl carbamates (subject to hydrolysis) is 1. The first-order valence-electron chi connectivity index (χ1n) is 5.99. The SMILES string of the molecule is CCC(CN)S(=O)(=O)N1CCC(NC(=O)OC)C1. The highest BCUT2D eigenvalue weighted by Gasteiger charge is 2.36. The highest BCUT2D eigenvalue weighted by Crippen LogP contribution is 2.18. The highest BCUT2D eigenvalue weighted by molar-refractivity contribution is 7.89. The smallest absolute Gasteiger partial charge is 0.407 e. The van der Waals surface area contributed by atoms with Crippen LogP contribution in [0.1, 0.15) is 19.8 Å². The third-order valence-corrected chi connectivity index (χ3v) is 5.58. The highest BCUT2D eigenvalue weighted by atomic mass is 32.2. The Morgan fingerprint density at radius 3 is 2.78 bits per heavy atom. The molecule has 106 valence electrons. The Labute approximate surface area is 108 Å². The number of nitrogens with one attached hydrogen (secondary N) is 1. The number of hydrogen-bond donors (Lipinski definition) is 2. The third-order valence-electron chi connectivity index (χ3n) is 3.16. The van der Waals surface area contributed by atoms with E-state index in [-0.39, 0.29) is 19.1 Å². The molecule has 18 heavy (non-hydrogen) atoms. The van der Waals surface area contributed by atoms with Gasteiger partial charge in [-0.3, -0.25) is 0 Å². The zero-order valence-electron chi connectivity index (χ0n) is 10.8. The van der Waals surface area contributed by atoms with Crippen LogP contribution in [0.25, 0.3) is 0 Å².